The third kappa shape index (κ3) is 4.25. The fourth-order valence-corrected chi connectivity index (χ4v) is 4.55. The van der Waals surface area contributed by atoms with E-state index in [1.165, 1.54) is 16.4 Å². The van der Waals surface area contributed by atoms with Crippen LogP contribution in [0.15, 0.2) is 16.3 Å². The first-order chi connectivity index (χ1) is 8.50. The number of sulfonamides is 1. The standard InChI is InChI=1S/C10H13NO5S2.Na/c12-9(13)7-8-1-2-10(17-8)18(14,15)11-3-5-16-6-4-11;/h1-2H,3-7H2,(H,12,13);/p-1. The van der Waals surface area contributed by atoms with Gasteiger partial charge in [0.15, 0.2) is 0 Å². The number of hydrogen-bond donors (Lipinski definition) is 0. The monoisotopic (exact) mass is 313 g/mol. The number of carbonyl (C=O) groups excluding carboxylic acids is 1. The van der Waals surface area contributed by atoms with E-state index in [0.717, 1.165) is 11.3 Å². The van der Waals surface area contributed by atoms with Crippen LogP contribution >= 0.6 is 11.3 Å². The van der Waals surface area contributed by atoms with Crippen LogP contribution in [0.4, 0.5) is 0 Å². The Balaban J connectivity index is 0.00000180. The molecule has 101 valence electrons. The van der Waals surface area contributed by atoms with Gasteiger partial charge in [0, 0.05) is 59.9 Å². The van der Waals surface area contributed by atoms with E-state index in [4.69, 9.17) is 4.74 Å². The molecule has 1 aliphatic rings. The van der Waals surface area contributed by atoms with Gasteiger partial charge in [0.1, 0.15) is 4.21 Å². The molecule has 2 heterocycles. The van der Waals surface area contributed by atoms with Gasteiger partial charge in [-0.1, -0.05) is 0 Å². The summed E-state index contributed by atoms with van der Waals surface area (Å²) in [6, 6.07) is 2.95. The van der Waals surface area contributed by atoms with Crippen molar-refractivity contribution in [1.29, 1.82) is 0 Å². The van der Waals surface area contributed by atoms with Gasteiger partial charge < -0.3 is 14.6 Å². The number of hydrogen-bond acceptors (Lipinski definition) is 6. The van der Waals surface area contributed by atoms with Crippen molar-refractivity contribution >= 4 is 56.9 Å². The van der Waals surface area contributed by atoms with Crippen molar-refractivity contribution in [3.8, 4) is 0 Å². The Morgan fingerprint density at radius 1 is 1.37 bits per heavy atom. The second-order valence-electron chi connectivity index (χ2n) is 3.79. The van der Waals surface area contributed by atoms with Gasteiger partial charge in [-0.25, -0.2) is 8.42 Å². The number of ether oxygens (including phenoxy) is 1. The predicted molar refractivity (Wildman–Crippen MR) is 68.4 cm³/mol. The van der Waals surface area contributed by atoms with Gasteiger partial charge in [-0.15, -0.1) is 11.3 Å². The first-order valence-corrected chi connectivity index (χ1v) is 7.62. The third-order valence-corrected chi connectivity index (χ3v) is 5.97. The average molecular weight is 313 g/mol. The van der Waals surface area contributed by atoms with Crippen molar-refractivity contribution < 1.29 is 23.1 Å². The number of carboxylic acids is 1. The summed E-state index contributed by atoms with van der Waals surface area (Å²) in [5.41, 5.74) is 0. The smallest absolute Gasteiger partial charge is 0.252 e. The molecular formula is C10H12NNaO5S2-. The van der Waals surface area contributed by atoms with Crippen molar-refractivity contribution in [2.75, 3.05) is 26.3 Å². The van der Waals surface area contributed by atoms with E-state index in [1.807, 2.05) is 0 Å². The molecule has 0 atom stereocenters. The number of rotatable bonds is 4. The predicted octanol–water partition coefficient (Wildman–Crippen LogP) is -1.32. The second kappa shape index (κ2) is 7.16. The van der Waals surface area contributed by atoms with Gasteiger partial charge in [0.25, 0.3) is 10.0 Å². The normalized spacial score (nSPS) is 16.8. The van der Waals surface area contributed by atoms with Crippen LogP contribution in [0.3, 0.4) is 0 Å². The molecule has 0 saturated carbocycles. The van der Waals surface area contributed by atoms with Crippen molar-refractivity contribution in [2.45, 2.75) is 10.6 Å². The second-order valence-corrected chi connectivity index (χ2v) is 7.12. The van der Waals surface area contributed by atoms with Crippen molar-refractivity contribution in [2.24, 2.45) is 0 Å². The molecule has 0 unspecified atom stereocenters. The van der Waals surface area contributed by atoms with Gasteiger partial charge in [0.05, 0.1) is 13.2 Å². The number of thiophene rings is 1. The molecule has 0 N–H and O–H groups in total. The van der Waals surface area contributed by atoms with Gasteiger partial charge in [-0.2, -0.15) is 4.31 Å². The van der Waals surface area contributed by atoms with E-state index in [-0.39, 0.29) is 40.2 Å². The third-order valence-electron chi connectivity index (χ3n) is 2.52. The average Bonchev–Trinajstić information content (AvgIpc) is 2.78. The zero-order chi connectivity index (χ0) is 13.2. The summed E-state index contributed by atoms with van der Waals surface area (Å²) < 4.78 is 31.0. The maximum absolute atomic E-state index is 12.2. The maximum Gasteiger partial charge on any atom is 0.252 e. The first kappa shape index (κ1) is 17.1. The van der Waals surface area contributed by atoms with E-state index in [2.05, 4.69) is 0 Å². The Hall–Kier alpha value is 0.0400. The number of nitrogens with zero attached hydrogens (tertiary/aromatic N) is 1. The van der Waals surface area contributed by atoms with Crippen LogP contribution in [0.25, 0.3) is 0 Å². The zero-order valence-corrected chi connectivity index (χ0v) is 14.1. The molecule has 0 aromatic carbocycles. The summed E-state index contributed by atoms with van der Waals surface area (Å²) in [6.45, 7) is 1.43. The topological polar surface area (TPSA) is 86.7 Å². The van der Waals surface area contributed by atoms with E-state index in [1.54, 1.807) is 0 Å². The maximum atomic E-state index is 12.2. The Labute approximate surface area is 137 Å². The minimum Gasteiger partial charge on any atom is -0.550 e. The molecule has 1 fully saturated rings. The number of morpholine rings is 1. The molecule has 1 radical (unpaired) electrons. The largest absolute Gasteiger partial charge is 0.550 e. The fourth-order valence-electron chi connectivity index (χ4n) is 1.65. The van der Waals surface area contributed by atoms with Crippen LogP contribution in [0.2, 0.25) is 0 Å². The molecule has 0 aliphatic carbocycles. The molecule has 1 aromatic rings. The number of aliphatic carboxylic acids is 1. The molecule has 0 bridgehead atoms. The SMILES string of the molecule is O=C([O-])Cc1ccc(S(=O)(=O)N2CCOCC2)s1.[Na]. The molecule has 9 heteroatoms. The van der Waals surface area contributed by atoms with Gasteiger partial charge in [-0.05, 0) is 12.1 Å². The van der Waals surface area contributed by atoms with Gasteiger partial charge in [-0.3, -0.25) is 0 Å². The Morgan fingerprint density at radius 3 is 2.58 bits per heavy atom. The number of carboxylic acid groups (broad SMARTS) is 1. The zero-order valence-electron chi connectivity index (χ0n) is 10.5. The molecule has 6 nitrogen and oxygen atoms in total. The van der Waals surface area contributed by atoms with Crippen molar-refractivity contribution in [3.05, 3.63) is 17.0 Å². The quantitative estimate of drug-likeness (QED) is 0.644. The van der Waals surface area contributed by atoms with Crippen LogP contribution in [0, 0.1) is 0 Å². The summed E-state index contributed by atoms with van der Waals surface area (Å²) >= 11 is 0.971. The van der Waals surface area contributed by atoms with E-state index in [0.29, 0.717) is 31.2 Å². The van der Waals surface area contributed by atoms with E-state index >= 15 is 0 Å². The molecule has 1 aliphatic heterocycles. The van der Waals surface area contributed by atoms with E-state index < -0.39 is 16.0 Å². The minimum atomic E-state index is -3.52. The Kier molecular flexibility index (Phi) is 6.44. The van der Waals surface area contributed by atoms with Crippen LogP contribution in [-0.4, -0.2) is 74.6 Å². The van der Waals surface area contributed by atoms with Gasteiger partial charge in [0.2, 0.25) is 0 Å². The summed E-state index contributed by atoms with van der Waals surface area (Å²) in [7, 11) is -3.52. The summed E-state index contributed by atoms with van der Waals surface area (Å²) in [4.78, 5) is 10.9. The van der Waals surface area contributed by atoms with Crippen molar-refractivity contribution in [1.82, 2.24) is 4.31 Å². The Morgan fingerprint density at radius 2 is 2.00 bits per heavy atom. The van der Waals surface area contributed by atoms with Gasteiger partial charge >= 0.3 is 0 Å². The molecule has 19 heavy (non-hydrogen) atoms. The Bertz CT molecular complexity index is 536. The van der Waals surface area contributed by atoms with E-state index in [9.17, 15) is 18.3 Å². The summed E-state index contributed by atoms with van der Waals surface area (Å²) in [5, 5.41) is 10.4. The van der Waals surface area contributed by atoms with Crippen molar-refractivity contribution in [3.63, 3.8) is 0 Å². The number of carbonyl (C=O) groups is 1. The molecule has 1 saturated heterocycles. The van der Waals surface area contributed by atoms with Crippen LogP contribution in [-0.2, 0) is 26.0 Å². The van der Waals surface area contributed by atoms with Crippen LogP contribution < -0.4 is 5.11 Å². The van der Waals surface area contributed by atoms with Crippen LogP contribution in [0.5, 0.6) is 0 Å². The molecule has 0 spiro atoms. The molecular weight excluding hydrogens is 301 g/mol. The van der Waals surface area contributed by atoms with Crippen LogP contribution in [0.1, 0.15) is 4.88 Å². The first-order valence-electron chi connectivity index (χ1n) is 5.36. The minimum absolute atomic E-state index is 0. The molecule has 2 rings (SSSR count). The summed E-state index contributed by atoms with van der Waals surface area (Å²) in [6.07, 6.45) is -0.261. The molecule has 1 aromatic heterocycles. The summed E-state index contributed by atoms with van der Waals surface area (Å²) in [5.74, 6) is -1.22. The molecule has 0 amide bonds. The fraction of sp³-hybridized carbons (Fsp3) is 0.500.